The van der Waals surface area contributed by atoms with Crippen LogP contribution in [-0.4, -0.2) is 29.0 Å². The van der Waals surface area contributed by atoms with E-state index in [4.69, 9.17) is 4.74 Å². The van der Waals surface area contributed by atoms with Crippen LogP contribution in [0.2, 0.25) is 0 Å². The van der Waals surface area contributed by atoms with Crippen LogP contribution >= 0.6 is 0 Å². The van der Waals surface area contributed by atoms with E-state index in [2.05, 4.69) is 4.90 Å². The third kappa shape index (κ3) is 1.65. The molecule has 0 saturated heterocycles. The van der Waals surface area contributed by atoms with Crippen molar-refractivity contribution in [3.8, 4) is 23.0 Å². The van der Waals surface area contributed by atoms with E-state index in [1.807, 2.05) is 12.1 Å². The van der Waals surface area contributed by atoms with Crippen molar-refractivity contribution in [3.05, 3.63) is 41.0 Å². The number of aromatic hydroxyl groups is 3. The van der Waals surface area contributed by atoms with Gasteiger partial charge in [0.1, 0.15) is 0 Å². The Morgan fingerprint density at radius 2 is 1.91 bits per heavy atom. The summed E-state index contributed by atoms with van der Waals surface area (Å²) in [5.74, 6) is 0.471. The second-order valence-corrected chi connectivity index (χ2v) is 5.83. The van der Waals surface area contributed by atoms with Crippen molar-refractivity contribution in [1.29, 1.82) is 0 Å². The molecule has 2 aliphatic heterocycles. The van der Waals surface area contributed by atoms with Gasteiger partial charge in [0, 0.05) is 6.54 Å². The summed E-state index contributed by atoms with van der Waals surface area (Å²) in [6.45, 7) is 0.760. The zero-order chi connectivity index (χ0) is 15.4. The molecule has 0 spiro atoms. The molecular formula is C17H17NO4. The van der Waals surface area contributed by atoms with E-state index in [1.54, 1.807) is 13.2 Å². The van der Waals surface area contributed by atoms with Gasteiger partial charge in [-0.2, -0.15) is 0 Å². The third-order valence-electron chi connectivity index (χ3n) is 4.71. The van der Waals surface area contributed by atoms with Gasteiger partial charge in [-0.25, -0.2) is 0 Å². The molecule has 0 radical (unpaired) electrons. The van der Waals surface area contributed by atoms with Crippen LogP contribution in [0.3, 0.4) is 0 Å². The van der Waals surface area contributed by atoms with Crippen molar-refractivity contribution in [2.24, 2.45) is 0 Å². The summed E-state index contributed by atoms with van der Waals surface area (Å²) in [5, 5.41) is 30.0. The summed E-state index contributed by atoms with van der Waals surface area (Å²) < 4.78 is 5.18. The number of rotatable bonds is 1. The number of nitrogens with zero attached hydrogens (tertiary/aromatic N) is 1. The predicted octanol–water partition coefficient (Wildman–Crippen LogP) is 2.47. The molecule has 0 bridgehead atoms. The normalized spacial score (nSPS) is 18.6. The molecule has 4 rings (SSSR count). The highest BCUT2D eigenvalue weighted by Crippen LogP contribution is 2.51. The summed E-state index contributed by atoms with van der Waals surface area (Å²) in [6, 6.07) is 7.10. The standard InChI is InChI=1S/C17H17NO4/c1-22-15-7-9-4-5-18-12(11(9)8-14(15)20)6-10-2-3-13(19)17(21)16(10)18/h2-3,7-8,12,19-21H,4-6H2,1H3/t12-/m0/s1. The van der Waals surface area contributed by atoms with Crippen molar-refractivity contribution < 1.29 is 20.1 Å². The van der Waals surface area contributed by atoms with Crippen LogP contribution in [0, 0.1) is 0 Å². The van der Waals surface area contributed by atoms with Crippen LogP contribution in [0.15, 0.2) is 24.3 Å². The Balaban J connectivity index is 1.83. The molecule has 1 atom stereocenters. The lowest BCUT2D eigenvalue weighted by Gasteiger charge is -2.34. The number of hydrogen-bond acceptors (Lipinski definition) is 5. The highest BCUT2D eigenvalue weighted by atomic mass is 16.5. The first-order valence-corrected chi connectivity index (χ1v) is 7.30. The van der Waals surface area contributed by atoms with Crippen molar-refractivity contribution in [2.45, 2.75) is 18.9 Å². The quantitative estimate of drug-likeness (QED) is 0.706. The maximum Gasteiger partial charge on any atom is 0.181 e. The van der Waals surface area contributed by atoms with Gasteiger partial charge in [-0.1, -0.05) is 6.07 Å². The molecule has 0 aliphatic carbocycles. The third-order valence-corrected chi connectivity index (χ3v) is 4.71. The van der Waals surface area contributed by atoms with Gasteiger partial charge in [-0.05, 0) is 47.7 Å². The Hall–Kier alpha value is -2.56. The summed E-state index contributed by atoms with van der Waals surface area (Å²) in [4.78, 5) is 2.11. The van der Waals surface area contributed by atoms with Gasteiger partial charge in [0.25, 0.3) is 0 Å². The second kappa shape index (κ2) is 4.47. The largest absolute Gasteiger partial charge is 0.504 e. The van der Waals surface area contributed by atoms with Crippen molar-refractivity contribution in [3.63, 3.8) is 0 Å². The molecule has 0 unspecified atom stereocenters. The number of benzene rings is 2. The molecule has 0 saturated carbocycles. The Morgan fingerprint density at radius 3 is 2.68 bits per heavy atom. The first-order chi connectivity index (χ1) is 10.6. The lowest BCUT2D eigenvalue weighted by molar-refractivity contribution is 0.371. The van der Waals surface area contributed by atoms with E-state index < -0.39 is 0 Å². The summed E-state index contributed by atoms with van der Waals surface area (Å²) in [5.41, 5.74) is 3.95. The fourth-order valence-electron chi connectivity index (χ4n) is 3.67. The fraction of sp³-hybridized carbons (Fsp3) is 0.294. The van der Waals surface area contributed by atoms with Gasteiger partial charge >= 0.3 is 0 Å². The zero-order valence-electron chi connectivity index (χ0n) is 12.2. The van der Waals surface area contributed by atoms with Crippen molar-refractivity contribution in [1.82, 2.24) is 0 Å². The van der Waals surface area contributed by atoms with Gasteiger partial charge < -0.3 is 25.0 Å². The monoisotopic (exact) mass is 299 g/mol. The molecule has 2 heterocycles. The van der Waals surface area contributed by atoms with Crippen molar-refractivity contribution in [2.75, 3.05) is 18.6 Å². The van der Waals surface area contributed by atoms with E-state index in [-0.39, 0.29) is 23.3 Å². The average molecular weight is 299 g/mol. The van der Waals surface area contributed by atoms with Gasteiger partial charge in [0.05, 0.1) is 18.8 Å². The summed E-state index contributed by atoms with van der Waals surface area (Å²) >= 11 is 0. The Morgan fingerprint density at radius 1 is 1.09 bits per heavy atom. The molecule has 114 valence electrons. The highest BCUT2D eigenvalue weighted by molar-refractivity contribution is 5.73. The number of ether oxygens (including phenoxy) is 1. The van der Waals surface area contributed by atoms with Gasteiger partial charge in [0.15, 0.2) is 23.0 Å². The topological polar surface area (TPSA) is 73.2 Å². The second-order valence-electron chi connectivity index (χ2n) is 5.83. The maximum atomic E-state index is 10.2. The molecular weight excluding hydrogens is 282 g/mol. The smallest absolute Gasteiger partial charge is 0.181 e. The van der Waals surface area contributed by atoms with E-state index in [9.17, 15) is 15.3 Å². The Bertz CT molecular complexity index is 772. The summed E-state index contributed by atoms with van der Waals surface area (Å²) in [7, 11) is 1.54. The minimum Gasteiger partial charge on any atom is -0.504 e. The SMILES string of the molecule is COc1cc2c(cc1O)[C@@H]1Cc3ccc(O)c(O)c3N1CC2. The van der Waals surface area contributed by atoms with Crippen LogP contribution in [0.1, 0.15) is 22.7 Å². The predicted molar refractivity (Wildman–Crippen MR) is 81.9 cm³/mol. The molecule has 5 nitrogen and oxygen atoms in total. The molecule has 0 amide bonds. The van der Waals surface area contributed by atoms with E-state index in [0.717, 1.165) is 36.1 Å². The lowest BCUT2D eigenvalue weighted by Crippen LogP contribution is -2.32. The van der Waals surface area contributed by atoms with Gasteiger partial charge in [0.2, 0.25) is 0 Å². The number of hydrogen-bond donors (Lipinski definition) is 3. The van der Waals surface area contributed by atoms with Gasteiger partial charge in [-0.3, -0.25) is 0 Å². The maximum absolute atomic E-state index is 10.2. The number of anilines is 1. The molecule has 5 heteroatoms. The molecule has 0 fully saturated rings. The molecule has 2 aromatic rings. The van der Waals surface area contributed by atoms with Crippen molar-refractivity contribution >= 4 is 5.69 Å². The molecule has 0 aromatic heterocycles. The number of fused-ring (bicyclic) bond motifs is 5. The molecule has 3 N–H and O–H groups in total. The van der Waals surface area contributed by atoms with Crippen LogP contribution in [0.5, 0.6) is 23.0 Å². The van der Waals surface area contributed by atoms with Crippen LogP contribution in [0.4, 0.5) is 5.69 Å². The Kier molecular flexibility index (Phi) is 2.66. The van der Waals surface area contributed by atoms with Gasteiger partial charge in [-0.15, -0.1) is 0 Å². The number of methoxy groups -OCH3 is 1. The van der Waals surface area contributed by atoms with E-state index >= 15 is 0 Å². The lowest BCUT2D eigenvalue weighted by atomic mass is 9.91. The minimum atomic E-state index is -0.0947. The Labute approximate surface area is 128 Å². The first kappa shape index (κ1) is 13.1. The molecule has 2 aromatic carbocycles. The van der Waals surface area contributed by atoms with Crippen LogP contribution in [-0.2, 0) is 12.8 Å². The van der Waals surface area contributed by atoms with Crippen LogP contribution in [0.25, 0.3) is 0 Å². The zero-order valence-corrected chi connectivity index (χ0v) is 12.2. The molecule has 22 heavy (non-hydrogen) atoms. The van der Waals surface area contributed by atoms with E-state index in [1.165, 1.54) is 6.07 Å². The summed E-state index contributed by atoms with van der Waals surface area (Å²) in [6.07, 6.45) is 1.55. The first-order valence-electron chi connectivity index (χ1n) is 7.30. The number of phenols is 3. The van der Waals surface area contributed by atoms with Crippen LogP contribution < -0.4 is 9.64 Å². The minimum absolute atomic E-state index is 0.0545. The average Bonchev–Trinajstić information content (AvgIpc) is 2.90. The molecule has 2 aliphatic rings. The van der Waals surface area contributed by atoms with E-state index in [0.29, 0.717) is 11.4 Å². The highest BCUT2D eigenvalue weighted by Gasteiger charge is 2.37. The fourth-order valence-corrected chi connectivity index (χ4v) is 3.67. The number of phenolic OH excluding ortho intramolecular Hbond substituents is 3.